The van der Waals surface area contributed by atoms with Gasteiger partial charge in [0.2, 0.25) is 0 Å². The van der Waals surface area contributed by atoms with E-state index in [4.69, 9.17) is 4.42 Å². The molecule has 4 heteroatoms. The summed E-state index contributed by atoms with van der Waals surface area (Å²) in [7, 11) is 0. The molecule has 4 rings (SSSR count). The van der Waals surface area contributed by atoms with E-state index < -0.39 is 6.10 Å². The first kappa shape index (κ1) is 16.4. The molecule has 1 N–H and O–H groups in total. The van der Waals surface area contributed by atoms with Gasteiger partial charge >= 0.3 is 5.63 Å². The summed E-state index contributed by atoms with van der Waals surface area (Å²) in [6, 6.07) is 15.5. The Balaban J connectivity index is 1.54. The minimum Gasteiger partial charge on any atom is -0.423 e. The van der Waals surface area contributed by atoms with Crippen LogP contribution in [0.25, 0.3) is 11.0 Å². The molecule has 0 fully saturated rings. The maximum Gasteiger partial charge on any atom is 0.336 e. The number of thioether (sulfide) groups is 1. The summed E-state index contributed by atoms with van der Waals surface area (Å²) in [5.74, 6) is 1.28. The second kappa shape index (κ2) is 7.06. The van der Waals surface area contributed by atoms with Crippen molar-refractivity contribution < 1.29 is 9.52 Å². The lowest BCUT2D eigenvalue weighted by atomic mass is 10.0. The van der Waals surface area contributed by atoms with Crippen LogP contribution in [0.3, 0.4) is 0 Å². The van der Waals surface area contributed by atoms with Gasteiger partial charge in [0.1, 0.15) is 5.58 Å². The van der Waals surface area contributed by atoms with Crippen molar-refractivity contribution in [3.8, 4) is 0 Å². The van der Waals surface area contributed by atoms with Crippen molar-refractivity contribution in [1.29, 1.82) is 0 Å². The molecule has 1 aromatic heterocycles. The summed E-state index contributed by atoms with van der Waals surface area (Å²) in [5.41, 5.74) is 4.98. The van der Waals surface area contributed by atoms with Gasteiger partial charge in [-0.05, 0) is 53.6 Å². The minimum atomic E-state index is -0.498. The second-order valence-electron chi connectivity index (χ2n) is 6.50. The van der Waals surface area contributed by atoms with Crippen molar-refractivity contribution in [3.63, 3.8) is 0 Å². The van der Waals surface area contributed by atoms with Crippen molar-refractivity contribution in [1.82, 2.24) is 0 Å². The SMILES string of the molecule is O=c1cc(CSCC(O)c2ccccc2)c2cc3c(cc2o1)CCC3. The molecule has 1 unspecified atom stereocenters. The van der Waals surface area contributed by atoms with Crippen LogP contribution in [0.4, 0.5) is 0 Å². The summed E-state index contributed by atoms with van der Waals surface area (Å²) >= 11 is 1.64. The van der Waals surface area contributed by atoms with Gasteiger partial charge in [0.25, 0.3) is 0 Å². The predicted molar refractivity (Wildman–Crippen MR) is 102 cm³/mol. The third kappa shape index (κ3) is 3.51. The highest BCUT2D eigenvalue weighted by molar-refractivity contribution is 7.98. The van der Waals surface area contributed by atoms with Crippen molar-refractivity contribution in [2.24, 2.45) is 0 Å². The molecule has 1 atom stereocenters. The van der Waals surface area contributed by atoms with Crippen LogP contribution in [0.5, 0.6) is 0 Å². The van der Waals surface area contributed by atoms with E-state index in [0.717, 1.165) is 29.4 Å². The quantitative estimate of drug-likeness (QED) is 0.698. The normalized spacial score (nSPS) is 14.6. The Morgan fingerprint density at radius 3 is 2.64 bits per heavy atom. The number of hydrogen-bond donors (Lipinski definition) is 1. The minimum absolute atomic E-state index is 0.301. The molecule has 1 aliphatic carbocycles. The largest absolute Gasteiger partial charge is 0.423 e. The number of aliphatic hydroxyl groups is 1. The van der Waals surface area contributed by atoms with Crippen molar-refractivity contribution in [2.75, 3.05) is 5.75 Å². The topological polar surface area (TPSA) is 50.4 Å². The first-order chi connectivity index (χ1) is 12.2. The highest BCUT2D eigenvalue weighted by Gasteiger charge is 2.15. The van der Waals surface area contributed by atoms with Crippen LogP contribution in [0, 0.1) is 0 Å². The monoisotopic (exact) mass is 352 g/mol. The number of aryl methyl sites for hydroxylation is 2. The zero-order chi connectivity index (χ0) is 17.2. The predicted octanol–water partition coefficient (Wildman–Crippen LogP) is 4.25. The number of benzene rings is 2. The fourth-order valence-electron chi connectivity index (χ4n) is 3.47. The fraction of sp³-hybridized carbons (Fsp3) is 0.286. The van der Waals surface area contributed by atoms with E-state index in [9.17, 15) is 9.90 Å². The number of rotatable bonds is 5. The van der Waals surface area contributed by atoms with E-state index in [1.807, 2.05) is 36.4 Å². The maximum absolute atomic E-state index is 11.9. The molecule has 3 nitrogen and oxygen atoms in total. The van der Waals surface area contributed by atoms with Gasteiger partial charge in [0.05, 0.1) is 6.10 Å². The van der Waals surface area contributed by atoms with Crippen LogP contribution in [0.1, 0.15) is 34.8 Å². The summed E-state index contributed by atoms with van der Waals surface area (Å²) in [5, 5.41) is 11.3. The first-order valence-electron chi connectivity index (χ1n) is 8.60. The van der Waals surface area contributed by atoms with Gasteiger partial charge < -0.3 is 9.52 Å². The molecule has 1 aliphatic rings. The van der Waals surface area contributed by atoms with Gasteiger partial charge in [-0.2, -0.15) is 11.8 Å². The molecule has 0 spiro atoms. The zero-order valence-electron chi connectivity index (χ0n) is 13.9. The average Bonchev–Trinajstić information content (AvgIpc) is 3.08. The molecule has 0 amide bonds. The van der Waals surface area contributed by atoms with Crippen LogP contribution in [0.2, 0.25) is 0 Å². The summed E-state index contributed by atoms with van der Waals surface area (Å²) in [6.45, 7) is 0. The molecule has 1 heterocycles. The Labute approximate surface area is 150 Å². The van der Waals surface area contributed by atoms with Gasteiger partial charge in [-0.25, -0.2) is 4.79 Å². The Morgan fingerprint density at radius 1 is 1.08 bits per heavy atom. The number of fused-ring (bicyclic) bond motifs is 2. The number of aliphatic hydroxyl groups excluding tert-OH is 1. The summed E-state index contributed by atoms with van der Waals surface area (Å²) in [6.07, 6.45) is 2.84. The van der Waals surface area contributed by atoms with Crippen LogP contribution < -0.4 is 5.63 Å². The fourth-order valence-corrected chi connectivity index (χ4v) is 4.46. The van der Waals surface area contributed by atoms with Crippen LogP contribution in [-0.4, -0.2) is 10.9 Å². The van der Waals surface area contributed by atoms with Gasteiger partial charge in [-0.15, -0.1) is 0 Å². The van der Waals surface area contributed by atoms with Crippen molar-refractivity contribution in [2.45, 2.75) is 31.1 Å². The van der Waals surface area contributed by atoms with E-state index in [0.29, 0.717) is 17.1 Å². The molecule has 0 bridgehead atoms. The Bertz CT molecular complexity index is 947. The average molecular weight is 352 g/mol. The maximum atomic E-state index is 11.9. The smallest absolute Gasteiger partial charge is 0.336 e. The van der Waals surface area contributed by atoms with E-state index in [1.54, 1.807) is 17.8 Å². The lowest BCUT2D eigenvalue weighted by Crippen LogP contribution is -2.03. The summed E-state index contributed by atoms with van der Waals surface area (Å²) < 4.78 is 5.41. The Hall–Kier alpha value is -2.04. The lowest BCUT2D eigenvalue weighted by molar-refractivity contribution is 0.204. The van der Waals surface area contributed by atoms with Crippen LogP contribution in [0.15, 0.2) is 57.7 Å². The molecule has 3 aromatic rings. The van der Waals surface area contributed by atoms with E-state index in [-0.39, 0.29) is 5.63 Å². The standard InChI is InChI=1S/C21H20O3S/c22-19(14-5-2-1-3-6-14)13-25-12-17-11-21(23)24-20-10-16-8-4-7-15(16)9-18(17)20/h1-3,5-6,9-11,19,22H,4,7-8,12-13H2. The zero-order valence-corrected chi connectivity index (χ0v) is 14.7. The molecule has 0 saturated heterocycles. The van der Waals surface area contributed by atoms with Gasteiger partial charge in [0, 0.05) is 23.0 Å². The molecular formula is C21H20O3S. The third-order valence-corrected chi connectivity index (χ3v) is 5.83. The number of hydrogen-bond acceptors (Lipinski definition) is 4. The van der Waals surface area contributed by atoms with Crippen molar-refractivity contribution in [3.05, 3.63) is 81.2 Å². The molecule has 0 saturated carbocycles. The molecule has 0 radical (unpaired) electrons. The van der Waals surface area contributed by atoms with Gasteiger partial charge in [-0.3, -0.25) is 0 Å². The molecule has 128 valence electrons. The Kier molecular flexibility index (Phi) is 4.64. The molecular weight excluding hydrogens is 332 g/mol. The van der Waals surface area contributed by atoms with E-state index in [1.165, 1.54) is 17.5 Å². The molecule has 2 aromatic carbocycles. The Morgan fingerprint density at radius 2 is 1.84 bits per heavy atom. The van der Waals surface area contributed by atoms with Gasteiger partial charge in [0.15, 0.2) is 0 Å². The highest BCUT2D eigenvalue weighted by atomic mass is 32.2. The van der Waals surface area contributed by atoms with E-state index >= 15 is 0 Å². The highest BCUT2D eigenvalue weighted by Crippen LogP contribution is 2.30. The first-order valence-corrected chi connectivity index (χ1v) is 9.75. The van der Waals surface area contributed by atoms with Crippen LogP contribution in [-0.2, 0) is 18.6 Å². The van der Waals surface area contributed by atoms with Gasteiger partial charge in [-0.1, -0.05) is 30.3 Å². The van der Waals surface area contributed by atoms with Crippen LogP contribution >= 0.6 is 11.8 Å². The molecule has 0 aliphatic heterocycles. The van der Waals surface area contributed by atoms with Crippen molar-refractivity contribution >= 4 is 22.7 Å². The summed E-state index contributed by atoms with van der Waals surface area (Å²) in [4.78, 5) is 11.9. The second-order valence-corrected chi connectivity index (χ2v) is 7.53. The molecule has 25 heavy (non-hydrogen) atoms. The third-order valence-electron chi connectivity index (χ3n) is 4.76. The lowest BCUT2D eigenvalue weighted by Gasteiger charge is -2.11. The van der Waals surface area contributed by atoms with E-state index in [2.05, 4.69) is 6.07 Å².